The first-order valence-corrected chi connectivity index (χ1v) is 8.58. The molecule has 0 aliphatic carbocycles. The summed E-state index contributed by atoms with van der Waals surface area (Å²) in [6.07, 6.45) is -0.556. The number of amides is 1. The van der Waals surface area contributed by atoms with E-state index in [0.29, 0.717) is 11.3 Å². The van der Waals surface area contributed by atoms with Gasteiger partial charge in [0.15, 0.2) is 0 Å². The van der Waals surface area contributed by atoms with Gasteiger partial charge >= 0.3 is 12.1 Å². The second kappa shape index (κ2) is 10.8. The Morgan fingerprint density at radius 2 is 1.59 bits per heavy atom. The summed E-state index contributed by atoms with van der Waals surface area (Å²) >= 11 is 0. The van der Waals surface area contributed by atoms with E-state index in [9.17, 15) is 9.59 Å². The fourth-order valence-corrected chi connectivity index (χ4v) is 2.13. The van der Waals surface area contributed by atoms with Crippen LogP contribution in [-0.2, 0) is 14.3 Å². The fraction of sp³-hybridized carbons (Fsp3) is 0.238. The Hall–Kier alpha value is -3.12. The molecule has 0 spiro atoms. The van der Waals surface area contributed by atoms with E-state index < -0.39 is 12.1 Å². The minimum Gasteiger partial charge on any atom is -0.460 e. The third-order valence-corrected chi connectivity index (χ3v) is 3.50. The van der Waals surface area contributed by atoms with E-state index in [2.05, 4.69) is 11.9 Å². The zero-order chi connectivity index (χ0) is 19.5. The zero-order valence-electron chi connectivity index (χ0n) is 15.3. The highest BCUT2D eigenvalue weighted by molar-refractivity contribution is 5.86. The second-order valence-electron chi connectivity index (χ2n) is 5.74. The predicted octanol–water partition coefficient (Wildman–Crippen LogP) is 3.58. The maximum atomic E-state index is 11.8. The molecule has 0 atom stereocenters. The topological polar surface area (TPSA) is 73.9 Å². The molecule has 27 heavy (non-hydrogen) atoms. The molecule has 6 nitrogen and oxygen atoms in total. The Morgan fingerprint density at radius 1 is 0.926 bits per heavy atom. The van der Waals surface area contributed by atoms with Gasteiger partial charge < -0.3 is 19.5 Å². The lowest BCUT2D eigenvalue weighted by Crippen LogP contribution is -2.30. The van der Waals surface area contributed by atoms with Crippen LogP contribution in [0.15, 0.2) is 66.7 Å². The fourth-order valence-electron chi connectivity index (χ4n) is 2.13. The summed E-state index contributed by atoms with van der Waals surface area (Å²) in [5.74, 6) is 0.0124. The zero-order valence-corrected chi connectivity index (χ0v) is 15.3. The van der Waals surface area contributed by atoms with Gasteiger partial charge in [-0.15, -0.1) is 0 Å². The smallest absolute Gasteiger partial charge is 0.412 e. The van der Waals surface area contributed by atoms with Gasteiger partial charge in [-0.25, -0.2) is 9.59 Å². The highest BCUT2D eigenvalue weighted by Crippen LogP contribution is 2.21. The van der Waals surface area contributed by atoms with Crippen LogP contribution < -0.4 is 10.1 Å². The average molecular weight is 369 g/mol. The van der Waals surface area contributed by atoms with Gasteiger partial charge in [0.05, 0.1) is 13.2 Å². The van der Waals surface area contributed by atoms with E-state index in [1.54, 1.807) is 19.1 Å². The van der Waals surface area contributed by atoms with Crippen molar-refractivity contribution in [1.82, 2.24) is 5.32 Å². The van der Waals surface area contributed by atoms with Crippen molar-refractivity contribution in [3.8, 4) is 16.9 Å². The maximum Gasteiger partial charge on any atom is 0.412 e. The van der Waals surface area contributed by atoms with Gasteiger partial charge in [0.25, 0.3) is 0 Å². The number of ether oxygens (including phenoxy) is 3. The molecule has 2 aromatic carbocycles. The number of carbonyl (C=O) groups is 2. The molecule has 0 aliphatic heterocycles. The Balaban J connectivity index is 1.62. The van der Waals surface area contributed by atoms with E-state index >= 15 is 0 Å². The van der Waals surface area contributed by atoms with Gasteiger partial charge in [-0.3, -0.25) is 0 Å². The van der Waals surface area contributed by atoms with E-state index in [0.717, 1.165) is 11.1 Å². The molecule has 0 unspecified atom stereocenters. The lowest BCUT2D eigenvalue weighted by Gasteiger charge is -2.08. The largest absolute Gasteiger partial charge is 0.460 e. The van der Waals surface area contributed by atoms with Crippen LogP contribution in [0.3, 0.4) is 0 Å². The van der Waals surface area contributed by atoms with E-state index in [1.165, 1.54) is 0 Å². The van der Waals surface area contributed by atoms with Crippen molar-refractivity contribution in [1.29, 1.82) is 0 Å². The summed E-state index contributed by atoms with van der Waals surface area (Å²) < 4.78 is 15.3. The van der Waals surface area contributed by atoms with Gasteiger partial charge in [-0.2, -0.15) is 0 Å². The third kappa shape index (κ3) is 7.33. The number of hydrogen-bond acceptors (Lipinski definition) is 5. The molecule has 6 heteroatoms. The molecule has 0 bridgehead atoms. The van der Waals surface area contributed by atoms with Gasteiger partial charge in [0.2, 0.25) is 0 Å². The summed E-state index contributed by atoms with van der Waals surface area (Å²) in [6.45, 7) is 6.02. The number of benzene rings is 2. The predicted molar refractivity (Wildman–Crippen MR) is 102 cm³/mol. The van der Waals surface area contributed by atoms with Crippen LogP contribution in [0.1, 0.15) is 6.92 Å². The summed E-state index contributed by atoms with van der Waals surface area (Å²) in [5, 5.41) is 2.59. The third-order valence-electron chi connectivity index (χ3n) is 3.50. The number of hydrogen-bond donors (Lipinski definition) is 1. The van der Waals surface area contributed by atoms with Crippen molar-refractivity contribution in [3.05, 3.63) is 66.7 Å². The van der Waals surface area contributed by atoms with Gasteiger partial charge in [0.1, 0.15) is 12.4 Å². The summed E-state index contributed by atoms with van der Waals surface area (Å²) in [5.41, 5.74) is 2.49. The SMILES string of the molecule is C=C(C)C(=O)OCCOCCNC(=O)Oc1ccc(-c2ccccc2)cc1. The molecule has 0 fully saturated rings. The minimum absolute atomic E-state index is 0.143. The lowest BCUT2D eigenvalue weighted by atomic mass is 10.1. The Morgan fingerprint density at radius 3 is 2.26 bits per heavy atom. The van der Waals surface area contributed by atoms with Crippen LogP contribution in [0.2, 0.25) is 0 Å². The molecule has 0 saturated heterocycles. The van der Waals surface area contributed by atoms with Crippen molar-refractivity contribution >= 4 is 12.1 Å². The average Bonchev–Trinajstić information content (AvgIpc) is 2.68. The maximum absolute atomic E-state index is 11.8. The van der Waals surface area contributed by atoms with Crippen LogP contribution in [0, 0.1) is 0 Å². The lowest BCUT2D eigenvalue weighted by molar-refractivity contribution is -0.140. The molecule has 1 amide bonds. The number of esters is 1. The molecule has 0 aromatic heterocycles. The van der Waals surface area contributed by atoms with Gasteiger partial charge in [-0.05, 0) is 30.2 Å². The number of carbonyl (C=O) groups excluding carboxylic acids is 2. The molecular formula is C21H23NO5. The normalized spacial score (nSPS) is 10.1. The molecule has 0 aliphatic rings. The van der Waals surface area contributed by atoms with Crippen LogP contribution >= 0.6 is 0 Å². The van der Waals surface area contributed by atoms with Crippen molar-refractivity contribution in [2.75, 3.05) is 26.4 Å². The van der Waals surface area contributed by atoms with Crippen LogP contribution in [-0.4, -0.2) is 38.4 Å². The number of rotatable bonds is 9. The quantitative estimate of drug-likeness (QED) is 0.415. The first-order chi connectivity index (χ1) is 13.1. The molecule has 0 saturated carbocycles. The Bertz CT molecular complexity index is 756. The first-order valence-electron chi connectivity index (χ1n) is 8.58. The molecule has 2 rings (SSSR count). The molecule has 142 valence electrons. The first kappa shape index (κ1) is 20.2. The monoisotopic (exact) mass is 369 g/mol. The van der Waals surface area contributed by atoms with Crippen molar-refractivity contribution in [3.63, 3.8) is 0 Å². The van der Waals surface area contributed by atoms with Crippen LogP contribution in [0.4, 0.5) is 4.79 Å². The minimum atomic E-state index is -0.556. The Kier molecular flexibility index (Phi) is 8.06. The molecule has 1 N–H and O–H groups in total. The second-order valence-corrected chi connectivity index (χ2v) is 5.74. The summed E-state index contributed by atoms with van der Waals surface area (Å²) in [4.78, 5) is 22.9. The molecule has 0 radical (unpaired) electrons. The summed E-state index contributed by atoms with van der Waals surface area (Å²) in [7, 11) is 0. The van der Waals surface area contributed by atoms with Crippen LogP contribution in [0.25, 0.3) is 11.1 Å². The van der Waals surface area contributed by atoms with Crippen molar-refractivity contribution < 1.29 is 23.8 Å². The highest BCUT2D eigenvalue weighted by atomic mass is 16.6. The van der Waals surface area contributed by atoms with Crippen molar-refractivity contribution in [2.24, 2.45) is 0 Å². The van der Waals surface area contributed by atoms with E-state index in [4.69, 9.17) is 14.2 Å². The number of nitrogens with one attached hydrogen (secondary N) is 1. The van der Waals surface area contributed by atoms with E-state index in [-0.39, 0.29) is 26.4 Å². The van der Waals surface area contributed by atoms with E-state index in [1.807, 2.05) is 42.5 Å². The molecular weight excluding hydrogens is 346 g/mol. The molecule has 2 aromatic rings. The van der Waals surface area contributed by atoms with Gasteiger partial charge in [0, 0.05) is 12.1 Å². The highest BCUT2D eigenvalue weighted by Gasteiger charge is 2.05. The molecule has 0 heterocycles. The van der Waals surface area contributed by atoms with Crippen LogP contribution in [0.5, 0.6) is 5.75 Å². The van der Waals surface area contributed by atoms with Gasteiger partial charge in [-0.1, -0.05) is 49.0 Å². The standard InChI is InChI=1S/C21H23NO5/c1-16(2)20(23)26-15-14-25-13-12-22-21(24)27-19-10-8-18(9-11-19)17-6-4-3-5-7-17/h3-11H,1,12-15H2,2H3,(H,22,24). The summed E-state index contributed by atoms with van der Waals surface area (Å²) in [6, 6.07) is 17.2. The van der Waals surface area contributed by atoms with Crippen molar-refractivity contribution in [2.45, 2.75) is 6.92 Å². The Labute approximate surface area is 158 Å².